The number of aliphatic carboxylic acids is 1. The number of carboxylic acid groups (broad SMARTS) is 1. The van der Waals surface area contributed by atoms with Gasteiger partial charge in [0.15, 0.2) is 0 Å². The maximum atomic E-state index is 10.6. The maximum absolute atomic E-state index is 10.6. The molecule has 0 aromatic heterocycles. The monoisotopic (exact) mass is 176 g/mol. The molecule has 0 amide bonds. The molecule has 72 valence electrons. The van der Waals surface area contributed by atoms with Gasteiger partial charge in [0.1, 0.15) is 0 Å². The van der Waals surface area contributed by atoms with Crippen molar-refractivity contribution in [3.05, 3.63) is 0 Å². The Kier molecular flexibility index (Phi) is 4.85. The molecule has 0 saturated heterocycles. The highest BCUT2D eigenvalue weighted by atomic mass is 16.4. The Morgan fingerprint density at radius 1 is 1.33 bits per heavy atom. The minimum Gasteiger partial charge on any atom is -0.481 e. The van der Waals surface area contributed by atoms with Crippen LogP contribution in [-0.2, 0) is 4.79 Å². The third kappa shape index (κ3) is 3.19. The normalized spacial score (nSPS) is 15.6. The van der Waals surface area contributed by atoms with Crippen LogP contribution in [0.3, 0.4) is 0 Å². The van der Waals surface area contributed by atoms with Gasteiger partial charge in [0.25, 0.3) is 0 Å². The smallest absolute Gasteiger partial charge is 0.311 e. The van der Waals surface area contributed by atoms with E-state index < -0.39 is 11.4 Å². The van der Waals surface area contributed by atoms with Crippen molar-refractivity contribution in [2.24, 2.45) is 5.41 Å². The quantitative estimate of drug-likeness (QED) is 0.506. The largest absolute Gasteiger partial charge is 0.481 e. The molecule has 0 aliphatic heterocycles. The lowest BCUT2D eigenvalue weighted by molar-refractivity contribution is -0.150. The van der Waals surface area contributed by atoms with E-state index in [-0.39, 0.29) is 13.2 Å². The van der Waals surface area contributed by atoms with Crippen LogP contribution in [0.1, 0.15) is 26.2 Å². The second-order valence-electron chi connectivity index (χ2n) is 3.20. The molecule has 4 nitrogen and oxygen atoms in total. The summed E-state index contributed by atoms with van der Waals surface area (Å²) in [6, 6.07) is 0. The fourth-order valence-electron chi connectivity index (χ4n) is 0.881. The van der Waals surface area contributed by atoms with Gasteiger partial charge in [0.2, 0.25) is 0 Å². The molecule has 4 heteroatoms. The molecule has 0 heterocycles. The van der Waals surface area contributed by atoms with Gasteiger partial charge in [-0.25, -0.2) is 0 Å². The van der Waals surface area contributed by atoms with Gasteiger partial charge in [0, 0.05) is 6.61 Å². The highest BCUT2D eigenvalue weighted by Crippen LogP contribution is 2.23. The van der Waals surface area contributed by atoms with Crippen LogP contribution >= 0.6 is 0 Å². The van der Waals surface area contributed by atoms with Gasteiger partial charge < -0.3 is 15.3 Å². The maximum Gasteiger partial charge on any atom is 0.311 e. The van der Waals surface area contributed by atoms with Crippen molar-refractivity contribution in [3.8, 4) is 0 Å². The van der Waals surface area contributed by atoms with Gasteiger partial charge in [-0.05, 0) is 26.2 Å². The third-order valence-corrected chi connectivity index (χ3v) is 2.00. The average Bonchev–Trinajstić information content (AvgIpc) is 2.04. The molecular formula is C8H16O4. The first-order valence-corrected chi connectivity index (χ1v) is 4.02. The molecule has 1 unspecified atom stereocenters. The number of hydrogen-bond donors (Lipinski definition) is 3. The summed E-state index contributed by atoms with van der Waals surface area (Å²) in [5.74, 6) is -0.983. The Hall–Kier alpha value is -0.610. The van der Waals surface area contributed by atoms with E-state index in [1.807, 2.05) is 0 Å². The molecule has 0 radical (unpaired) electrons. The summed E-state index contributed by atoms with van der Waals surface area (Å²) < 4.78 is 0. The molecule has 0 aromatic rings. The summed E-state index contributed by atoms with van der Waals surface area (Å²) in [7, 11) is 0. The van der Waals surface area contributed by atoms with Crippen LogP contribution in [0.2, 0.25) is 0 Å². The van der Waals surface area contributed by atoms with Gasteiger partial charge in [-0.1, -0.05) is 0 Å². The van der Waals surface area contributed by atoms with Crippen molar-refractivity contribution in [2.75, 3.05) is 13.2 Å². The van der Waals surface area contributed by atoms with E-state index >= 15 is 0 Å². The van der Waals surface area contributed by atoms with Crippen LogP contribution in [0.4, 0.5) is 0 Å². The fraction of sp³-hybridized carbons (Fsp3) is 0.875. The highest BCUT2D eigenvalue weighted by molar-refractivity contribution is 5.74. The molecule has 0 aromatic carbocycles. The number of aliphatic hydroxyl groups excluding tert-OH is 2. The van der Waals surface area contributed by atoms with Crippen LogP contribution in [0, 0.1) is 5.41 Å². The zero-order chi connectivity index (χ0) is 9.61. The summed E-state index contributed by atoms with van der Waals surface area (Å²) in [5.41, 5.74) is -1.05. The highest BCUT2D eigenvalue weighted by Gasteiger charge is 2.31. The zero-order valence-corrected chi connectivity index (χ0v) is 7.29. The Morgan fingerprint density at radius 2 is 1.92 bits per heavy atom. The Labute approximate surface area is 71.8 Å². The second-order valence-corrected chi connectivity index (χ2v) is 3.20. The molecule has 3 N–H and O–H groups in total. The van der Waals surface area contributed by atoms with Crippen molar-refractivity contribution in [3.63, 3.8) is 0 Å². The van der Waals surface area contributed by atoms with Gasteiger partial charge >= 0.3 is 5.97 Å². The predicted octanol–water partition coefficient (Wildman–Crippen LogP) is 0.232. The topological polar surface area (TPSA) is 77.8 Å². The first-order valence-electron chi connectivity index (χ1n) is 4.02. The van der Waals surface area contributed by atoms with Gasteiger partial charge in [-0.2, -0.15) is 0 Å². The van der Waals surface area contributed by atoms with Gasteiger partial charge in [0.05, 0.1) is 12.0 Å². The molecule has 0 aliphatic carbocycles. The van der Waals surface area contributed by atoms with Crippen LogP contribution in [0.25, 0.3) is 0 Å². The Morgan fingerprint density at radius 3 is 2.25 bits per heavy atom. The van der Waals surface area contributed by atoms with E-state index in [9.17, 15) is 4.79 Å². The van der Waals surface area contributed by atoms with Crippen LogP contribution in [-0.4, -0.2) is 34.5 Å². The van der Waals surface area contributed by atoms with Crippen molar-refractivity contribution >= 4 is 5.97 Å². The summed E-state index contributed by atoms with van der Waals surface area (Å²) in [6.45, 7) is 1.22. The van der Waals surface area contributed by atoms with Crippen molar-refractivity contribution in [1.29, 1.82) is 0 Å². The lowest BCUT2D eigenvalue weighted by Crippen LogP contribution is -2.31. The molecule has 0 spiro atoms. The molecule has 0 fully saturated rings. The number of carboxylic acids is 1. The molecular weight excluding hydrogens is 160 g/mol. The first kappa shape index (κ1) is 11.4. The van der Waals surface area contributed by atoms with E-state index in [1.54, 1.807) is 0 Å². The molecule has 0 aliphatic rings. The van der Waals surface area contributed by atoms with Crippen LogP contribution < -0.4 is 0 Å². The first-order chi connectivity index (χ1) is 5.56. The van der Waals surface area contributed by atoms with Gasteiger partial charge in [-0.15, -0.1) is 0 Å². The molecule has 0 bridgehead atoms. The zero-order valence-electron chi connectivity index (χ0n) is 7.29. The lowest BCUT2D eigenvalue weighted by atomic mass is 9.86. The summed E-state index contributed by atoms with van der Waals surface area (Å²) >= 11 is 0. The van der Waals surface area contributed by atoms with E-state index in [4.69, 9.17) is 15.3 Å². The van der Waals surface area contributed by atoms with Gasteiger partial charge in [-0.3, -0.25) is 4.79 Å². The summed E-state index contributed by atoms with van der Waals surface area (Å²) in [5, 5.41) is 26.0. The Bertz CT molecular complexity index is 146. The van der Waals surface area contributed by atoms with Crippen molar-refractivity contribution in [1.82, 2.24) is 0 Å². The number of aliphatic hydroxyl groups is 2. The number of carbonyl (C=O) groups is 1. The van der Waals surface area contributed by atoms with Crippen molar-refractivity contribution in [2.45, 2.75) is 26.2 Å². The number of rotatable bonds is 6. The van der Waals surface area contributed by atoms with Crippen LogP contribution in [0.15, 0.2) is 0 Å². The molecule has 1 atom stereocenters. The van der Waals surface area contributed by atoms with E-state index in [2.05, 4.69) is 0 Å². The summed E-state index contributed by atoms with van der Waals surface area (Å²) in [4.78, 5) is 10.6. The number of unbranched alkanes of at least 4 members (excludes halogenated alkanes) is 1. The standard InChI is InChI=1S/C8H16O4/c1-8(6-10,7(11)12)4-2-3-5-9/h9-10H,2-6H2,1H3,(H,11,12). The lowest BCUT2D eigenvalue weighted by Gasteiger charge is -2.21. The molecule has 0 saturated carbocycles. The number of hydrogen-bond acceptors (Lipinski definition) is 3. The summed E-state index contributed by atoms with van der Waals surface area (Å²) in [6.07, 6.45) is 1.61. The molecule has 0 rings (SSSR count). The minimum atomic E-state index is -1.05. The van der Waals surface area contributed by atoms with E-state index in [1.165, 1.54) is 6.92 Å². The van der Waals surface area contributed by atoms with Crippen molar-refractivity contribution < 1.29 is 20.1 Å². The second kappa shape index (κ2) is 5.11. The van der Waals surface area contributed by atoms with E-state index in [0.717, 1.165) is 0 Å². The third-order valence-electron chi connectivity index (χ3n) is 2.00. The Balaban J connectivity index is 3.88. The SMILES string of the molecule is CC(CO)(CCCCO)C(=O)O. The predicted molar refractivity (Wildman–Crippen MR) is 43.8 cm³/mol. The van der Waals surface area contributed by atoms with E-state index in [0.29, 0.717) is 19.3 Å². The molecule has 12 heavy (non-hydrogen) atoms. The minimum absolute atomic E-state index is 0.0706. The fourth-order valence-corrected chi connectivity index (χ4v) is 0.881. The average molecular weight is 176 g/mol. The van der Waals surface area contributed by atoms with Crippen LogP contribution in [0.5, 0.6) is 0 Å².